The molecule has 0 amide bonds. The number of rotatable bonds is 1. The van der Waals surface area contributed by atoms with Crippen LogP contribution in [0.25, 0.3) is 0 Å². The van der Waals surface area contributed by atoms with Gasteiger partial charge in [0.05, 0.1) is 6.10 Å². The standard InChI is InChI=1S/C8H11NO/c10-8-4-3-6(8)7-2-1-5-9-7/h1-2,5-6,8-10H,3-4H2. The third-order valence-electron chi connectivity index (χ3n) is 2.26. The summed E-state index contributed by atoms with van der Waals surface area (Å²) in [7, 11) is 0. The quantitative estimate of drug-likeness (QED) is 0.600. The van der Waals surface area contributed by atoms with Gasteiger partial charge in [-0.15, -0.1) is 0 Å². The van der Waals surface area contributed by atoms with E-state index in [2.05, 4.69) is 4.98 Å². The molecule has 0 saturated heterocycles. The molecule has 54 valence electrons. The summed E-state index contributed by atoms with van der Waals surface area (Å²) in [5.74, 6) is 0.384. The van der Waals surface area contributed by atoms with Gasteiger partial charge in [-0.1, -0.05) is 0 Å². The largest absolute Gasteiger partial charge is 0.392 e. The van der Waals surface area contributed by atoms with Crippen molar-refractivity contribution in [2.24, 2.45) is 0 Å². The van der Waals surface area contributed by atoms with Crippen LogP contribution in [0.4, 0.5) is 0 Å². The summed E-state index contributed by atoms with van der Waals surface area (Å²) in [6.07, 6.45) is 3.89. The van der Waals surface area contributed by atoms with Crippen LogP contribution in [0.5, 0.6) is 0 Å². The highest BCUT2D eigenvalue weighted by atomic mass is 16.3. The summed E-state index contributed by atoms with van der Waals surface area (Å²) < 4.78 is 0. The van der Waals surface area contributed by atoms with E-state index in [9.17, 15) is 5.11 Å². The minimum absolute atomic E-state index is 0.0985. The second-order valence-corrected chi connectivity index (χ2v) is 2.88. The van der Waals surface area contributed by atoms with Crippen LogP contribution in [-0.4, -0.2) is 16.2 Å². The molecule has 1 heterocycles. The maximum atomic E-state index is 9.26. The van der Waals surface area contributed by atoms with Crippen LogP contribution in [-0.2, 0) is 0 Å². The van der Waals surface area contributed by atoms with Crippen molar-refractivity contribution < 1.29 is 5.11 Å². The van der Waals surface area contributed by atoms with Crippen molar-refractivity contribution >= 4 is 0 Å². The second kappa shape index (κ2) is 2.13. The molecule has 0 radical (unpaired) electrons. The van der Waals surface area contributed by atoms with E-state index in [0.717, 1.165) is 12.8 Å². The van der Waals surface area contributed by atoms with E-state index >= 15 is 0 Å². The molecule has 2 unspecified atom stereocenters. The van der Waals surface area contributed by atoms with Crippen LogP contribution in [0.2, 0.25) is 0 Å². The zero-order chi connectivity index (χ0) is 6.97. The Balaban J connectivity index is 2.14. The Bertz CT molecular complexity index is 205. The third-order valence-corrected chi connectivity index (χ3v) is 2.26. The Labute approximate surface area is 59.9 Å². The molecule has 0 spiro atoms. The SMILES string of the molecule is OC1CCC1c1ccc[nH]1. The Morgan fingerprint density at radius 2 is 2.40 bits per heavy atom. The topological polar surface area (TPSA) is 36.0 Å². The van der Waals surface area contributed by atoms with Gasteiger partial charge in [0, 0.05) is 17.8 Å². The van der Waals surface area contributed by atoms with Gasteiger partial charge >= 0.3 is 0 Å². The van der Waals surface area contributed by atoms with E-state index in [1.807, 2.05) is 18.3 Å². The lowest BCUT2D eigenvalue weighted by molar-refractivity contribution is 0.0645. The van der Waals surface area contributed by atoms with Crippen molar-refractivity contribution in [2.45, 2.75) is 24.9 Å². The number of H-pyrrole nitrogens is 1. The fraction of sp³-hybridized carbons (Fsp3) is 0.500. The Kier molecular flexibility index (Phi) is 1.27. The van der Waals surface area contributed by atoms with Gasteiger partial charge in [0.1, 0.15) is 0 Å². The van der Waals surface area contributed by atoms with Gasteiger partial charge in [0.2, 0.25) is 0 Å². The van der Waals surface area contributed by atoms with E-state index in [-0.39, 0.29) is 6.10 Å². The van der Waals surface area contributed by atoms with Gasteiger partial charge in [-0.2, -0.15) is 0 Å². The number of aliphatic hydroxyl groups excluding tert-OH is 1. The van der Waals surface area contributed by atoms with Crippen LogP contribution >= 0.6 is 0 Å². The number of hydrogen-bond acceptors (Lipinski definition) is 1. The van der Waals surface area contributed by atoms with Crippen molar-refractivity contribution in [2.75, 3.05) is 0 Å². The van der Waals surface area contributed by atoms with Crippen molar-refractivity contribution in [3.63, 3.8) is 0 Å². The zero-order valence-corrected chi connectivity index (χ0v) is 5.75. The van der Waals surface area contributed by atoms with Gasteiger partial charge in [-0.25, -0.2) is 0 Å². The fourth-order valence-electron chi connectivity index (χ4n) is 1.42. The van der Waals surface area contributed by atoms with E-state index < -0.39 is 0 Å². The molecular weight excluding hydrogens is 126 g/mol. The van der Waals surface area contributed by atoms with Crippen molar-refractivity contribution in [3.05, 3.63) is 24.0 Å². The molecule has 0 aliphatic heterocycles. The highest BCUT2D eigenvalue weighted by Gasteiger charge is 2.30. The normalized spacial score (nSPS) is 31.7. The third kappa shape index (κ3) is 0.762. The molecule has 0 bridgehead atoms. The number of aliphatic hydroxyl groups is 1. The number of hydrogen-bond donors (Lipinski definition) is 2. The monoisotopic (exact) mass is 137 g/mol. The Morgan fingerprint density at radius 1 is 1.50 bits per heavy atom. The first-order chi connectivity index (χ1) is 4.88. The molecule has 1 fully saturated rings. The highest BCUT2D eigenvalue weighted by Crippen LogP contribution is 2.35. The first-order valence-electron chi connectivity index (χ1n) is 3.69. The van der Waals surface area contributed by atoms with Gasteiger partial charge in [-0.05, 0) is 25.0 Å². The molecular formula is C8H11NO. The Morgan fingerprint density at radius 3 is 2.80 bits per heavy atom. The maximum absolute atomic E-state index is 9.26. The van der Waals surface area contributed by atoms with E-state index in [0.29, 0.717) is 5.92 Å². The number of aromatic nitrogens is 1. The van der Waals surface area contributed by atoms with Crippen LogP contribution in [0.3, 0.4) is 0 Å². The zero-order valence-electron chi connectivity index (χ0n) is 5.75. The van der Waals surface area contributed by atoms with Crippen molar-refractivity contribution in [3.8, 4) is 0 Å². The molecule has 1 aliphatic rings. The van der Waals surface area contributed by atoms with E-state index in [1.165, 1.54) is 5.69 Å². The predicted molar refractivity (Wildman–Crippen MR) is 38.8 cm³/mol. The van der Waals surface area contributed by atoms with Crippen LogP contribution < -0.4 is 0 Å². The molecule has 10 heavy (non-hydrogen) atoms. The number of nitrogens with one attached hydrogen (secondary N) is 1. The minimum atomic E-state index is -0.0985. The summed E-state index contributed by atoms with van der Waals surface area (Å²) in [6, 6.07) is 4.01. The van der Waals surface area contributed by atoms with Crippen LogP contribution in [0.1, 0.15) is 24.5 Å². The number of aromatic amines is 1. The minimum Gasteiger partial charge on any atom is -0.392 e. The lowest BCUT2D eigenvalue weighted by Crippen LogP contribution is -2.28. The fourth-order valence-corrected chi connectivity index (χ4v) is 1.42. The van der Waals surface area contributed by atoms with Gasteiger partial charge in [0.15, 0.2) is 0 Å². The lowest BCUT2D eigenvalue weighted by Gasteiger charge is -2.31. The summed E-state index contributed by atoms with van der Waals surface area (Å²) >= 11 is 0. The molecule has 2 heteroatoms. The summed E-state index contributed by atoms with van der Waals surface area (Å²) in [4.78, 5) is 3.11. The van der Waals surface area contributed by atoms with Gasteiger partial charge in [0.25, 0.3) is 0 Å². The molecule has 1 saturated carbocycles. The molecule has 2 atom stereocenters. The first-order valence-corrected chi connectivity index (χ1v) is 3.69. The average molecular weight is 137 g/mol. The van der Waals surface area contributed by atoms with Crippen LogP contribution in [0.15, 0.2) is 18.3 Å². The smallest absolute Gasteiger partial charge is 0.0623 e. The van der Waals surface area contributed by atoms with Crippen LogP contribution in [0, 0.1) is 0 Å². The van der Waals surface area contributed by atoms with E-state index in [4.69, 9.17) is 0 Å². The average Bonchev–Trinajstić information content (AvgIpc) is 2.37. The highest BCUT2D eigenvalue weighted by molar-refractivity contribution is 5.14. The predicted octanol–water partition coefficient (Wildman–Crippen LogP) is 1.25. The maximum Gasteiger partial charge on any atom is 0.0623 e. The molecule has 0 aromatic carbocycles. The summed E-state index contributed by atoms with van der Waals surface area (Å²) in [6.45, 7) is 0. The lowest BCUT2D eigenvalue weighted by atomic mass is 9.80. The molecule has 2 nitrogen and oxygen atoms in total. The molecule has 1 aromatic heterocycles. The second-order valence-electron chi connectivity index (χ2n) is 2.88. The van der Waals surface area contributed by atoms with Crippen molar-refractivity contribution in [1.82, 2.24) is 4.98 Å². The molecule has 1 aromatic rings. The van der Waals surface area contributed by atoms with Gasteiger partial charge < -0.3 is 10.1 Å². The van der Waals surface area contributed by atoms with Gasteiger partial charge in [-0.3, -0.25) is 0 Å². The summed E-state index contributed by atoms with van der Waals surface area (Å²) in [5.41, 5.74) is 1.18. The first kappa shape index (κ1) is 5.98. The molecule has 1 aliphatic carbocycles. The Hall–Kier alpha value is -0.760. The van der Waals surface area contributed by atoms with Crippen molar-refractivity contribution in [1.29, 1.82) is 0 Å². The molecule has 2 N–H and O–H groups in total. The molecule has 2 rings (SSSR count). The summed E-state index contributed by atoms with van der Waals surface area (Å²) in [5, 5.41) is 9.26. The van der Waals surface area contributed by atoms with E-state index in [1.54, 1.807) is 0 Å².